The molecule has 0 bridgehead atoms. The number of carbonyl (C=O) groups is 1. The quantitative estimate of drug-likeness (QED) is 0.910. The molecule has 0 saturated heterocycles. The van der Waals surface area contributed by atoms with Gasteiger partial charge in [0, 0.05) is 29.2 Å². The number of carboxylic acid groups (broad SMARTS) is 1. The molecule has 1 saturated carbocycles. The minimum atomic E-state index is -0.682. The van der Waals surface area contributed by atoms with Gasteiger partial charge in [-0.2, -0.15) is 0 Å². The zero-order chi connectivity index (χ0) is 14.8. The number of pyridine rings is 1. The first-order valence-electron chi connectivity index (χ1n) is 7.13. The molecule has 1 aliphatic carbocycles. The Morgan fingerprint density at radius 1 is 1.38 bits per heavy atom. The van der Waals surface area contributed by atoms with Crippen LogP contribution in [0, 0.1) is 5.92 Å². The van der Waals surface area contributed by atoms with E-state index in [1.165, 1.54) is 0 Å². The second-order valence-electron chi connectivity index (χ2n) is 5.53. The SMILES string of the molecule is O=C(O)[C@@H]1CC[C@H](NCc2ccc(Cl)c3cccnc23)C1. The van der Waals surface area contributed by atoms with Gasteiger partial charge < -0.3 is 10.4 Å². The van der Waals surface area contributed by atoms with Gasteiger partial charge in [-0.05, 0) is 43.0 Å². The molecular formula is C16H17ClN2O2. The number of aromatic nitrogens is 1. The van der Waals surface area contributed by atoms with Crippen molar-refractivity contribution in [3.63, 3.8) is 0 Å². The minimum absolute atomic E-state index is 0.206. The number of nitrogens with one attached hydrogen (secondary N) is 1. The van der Waals surface area contributed by atoms with Crippen LogP contribution in [0.3, 0.4) is 0 Å². The molecule has 0 amide bonds. The van der Waals surface area contributed by atoms with Gasteiger partial charge in [-0.25, -0.2) is 0 Å². The second kappa shape index (κ2) is 6.00. The van der Waals surface area contributed by atoms with Crippen molar-refractivity contribution in [3.05, 3.63) is 41.0 Å². The van der Waals surface area contributed by atoms with Crippen LogP contribution in [-0.2, 0) is 11.3 Å². The van der Waals surface area contributed by atoms with E-state index in [9.17, 15) is 4.79 Å². The van der Waals surface area contributed by atoms with Crippen molar-refractivity contribution >= 4 is 28.5 Å². The van der Waals surface area contributed by atoms with Gasteiger partial charge >= 0.3 is 5.97 Å². The van der Waals surface area contributed by atoms with Crippen LogP contribution in [0.25, 0.3) is 10.9 Å². The monoisotopic (exact) mass is 304 g/mol. The molecule has 1 aromatic carbocycles. The average Bonchev–Trinajstić information content (AvgIpc) is 2.96. The molecule has 1 aromatic heterocycles. The summed E-state index contributed by atoms with van der Waals surface area (Å²) < 4.78 is 0. The Balaban J connectivity index is 1.72. The number of aliphatic carboxylic acids is 1. The molecule has 0 spiro atoms. The van der Waals surface area contributed by atoms with Gasteiger partial charge in [0.15, 0.2) is 0 Å². The topological polar surface area (TPSA) is 62.2 Å². The van der Waals surface area contributed by atoms with E-state index in [4.69, 9.17) is 16.7 Å². The lowest BCUT2D eigenvalue weighted by molar-refractivity contribution is -0.141. The maximum Gasteiger partial charge on any atom is 0.306 e. The lowest BCUT2D eigenvalue weighted by Crippen LogP contribution is -2.26. The largest absolute Gasteiger partial charge is 0.481 e. The third-order valence-electron chi connectivity index (χ3n) is 4.16. The summed E-state index contributed by atoms with van der Waals surface area (Å²) in [5.74, 6) is -0.888. The molecule has 1 heterocycles. The van der Waals surface area contributed by atoms with Crippen molar-refractivity contribution < 1.29 is 9.90 Å². The summed E-state index contributed by atoms with van der Waals surface area (Å²) in [6.07, 6.45) is 4.13. The van der Waals surface area contributed by atoms with Crippen molar-refractivity contribution in [2.75, 3.05) is 0 Å². The molecule has 2 N–H and O–H groups in total. The Morgan fingerprint density at radius 3 is 3.00 bits per heavy atom. The number of rotatable bonds is 4. The highest BCUT2D eigenvalue weighted by Crippen LogP contribution is 2.27. The van der Waals surface area contributed by atoms with Gasteiger partial charge in [0.1, 0.15) is 0 Å². The number of nitrogens with zero attached hydrogens (tertiary/aromatic N) is 1. The maximum absolute atomic E-state index is 11.0. The Hall–Kier alpha value is -1.65. The van der Waals surface area contributed by atoms with E-state index >= 15 is 0 Å². The fourth-order valence-corrected chi connectivity index (χ4v) is 3.20. The molecule has 5 heteroatoms. The van der Waals surface area contributed by atoms with Crippen LogP contribution in [-0.4, -0.2) is 22.1 Å². The Morgan fingerprint density at radius 2 is 2.24 bits per heavy atom. The molecule has 0 aliphatic heterocycles. The summed E-state index contributed by atoms with van der Waals surface area (Å²) in [5, 5.41) is 14.1. The minimum Gasteiger partial charge on any atom is -0.481 e. The Labute approximate surface area is 128 Å². The van der Waals surface area contributed by atoms with E-state index in [-0.39, 0.29) is 12.0 Å². The van der Waals surface area contributed by atoms with E-state index < -0.39 is 5.97 Å². The molecule has 2 aromatic rings. The van der Waals surface area contributed by atoms with Crippen molar-refractivity contribution in [1.82, 2.24) is 10.3 Å². The summed E-state index contributed by atoms with van der Waals surface area (Å²) in [7, 11) is 0. The smallest absolute Gasteiger partial charge is 0.306 e. The van der Waals surface area contributed by atoms with Gasteiger partial charge in [-0.3, -0.25) is 9.78 Å². The highest BCUT2D eigenvalue weighted by Gasteiger charge is 2.29. The van der Waals surface area contributed by atoms with E-state index in [1.807, 2.05) is 24.3 Å². The van der Waals surface area contributed by atoms with E-state index in [2.05, 4.69) is 10.3 Å². The highest BCUT2D eigenvalue weighted by atomic mass is 35.5. The first-order chi connectivity index (χ1) is 10.1. The van der Waals surface area contributed by atoms with Crippen molar-refractivity contribution in [2.24, 2.45) is 5.92 Å². The highest BCUT2D eigenvalue weighted by molar-refractivity contribution is 6.35. The molecule has 1 fully saturated rings. The normalized spacial score (nSPS) is 21.8. The summed E-state index contributed by atoms with van der Waals surface area (Å²) in [4.78, 5) is 15.4. The number of hydrogen-bond acceptors (Lipinski definition) is 3. The number of benzene rings is 1. The molecule has 21 heavy (non-hydrogen) atoms. The van der Waals surface area contributed by atoms with Crippen LogP contribution in [0.15, 0.2) is 30.5 Å². The Kier molecular flexibility index (Phi) is 4.08. The molecule has 0 radical (unpaired) electrons. The van der Waals surface area contributed by atoms with Crippen molar-refractivity contribution in [1.29, 1.82) is 0 Å². The van der Waals surface area contributed by atoms with Gasteiger partial charge in [0.2, 0.25) is 0 Å². The third-order valence-corrected chi connectivity index (χ3v) is 4.49. The predicted octanol–water partition coefficient (Wildman–Crippen LogP) is 3.23. The number of halogens is 1. The van der Waals surface area contributed by atoms with Gasteiger partial charge in [-0.15, -0.1) is 0 Å². The number of hydrogen-bond donors (Lipinski definition) is 2. The number of fused-ring (bicyclic) bond motifs is 1. The fourth-order valence-electron chi connectivity index (χ4n) is 2.98. The average molecular weight is 305 g/mol. The maximum atomic E-state index is 11.0. The molecule has 3 rings (SSSR count). The molecule has 1 aliphatic rings. The molecule has 4 nitrogen and oxygen atoms in total. The van der Waals surface area contributed by atoms with Gasteiger partial charge in [0.25, 0.3) is 0 Å². The fraction of sp³-hybridized carbons (Fsp3) is 0.375. The van der Waals surface area contributed by atoms with Crippen molar-refractivity contribution in [3.8, 4) is 0 Å². The lowest BCUT2D eigenvalue weighted by Gasteiger charge is -2.13. The second-order valence-corrected chi connectivity index (χ2v) is 5.94. The lowest BCUT2D eigenvalue weighted by atomic mass is 10.1. The third kappa shape index (κ3) is 3.01. The predicted molar refractivity (Wildman–Crippen MR) is 82.4 cm³/mol. The standard InChI is InChI=1S/C16H17ClN2O2/c17-14-6-4-11(15-13(14)2-1-7-18-15)9-19-12-5-3-10(8-12)16(20)21/h1-2,4,6-7,10,12,19H,3,5,8-9H2,(H,20,21)/t10-,12+/m1/s1. The van der Waals surface area contributed by atoms with Gasteiger partial charge in [-0.1, -0.05) is 17.7 Å². The molecule has 2 atom stereocenters. The molecule has 110 valence electrons. The molecule has 0 unspecified atom stereocenters. The summed E-state index contributed by atoms with van der Waals surface area (Å²) in [5.41, 5.74) is 2.00. The summed E-state index contributed by atoms with van der Waals surface area (Å²) in [6.45, 7) is 0.682. The zero-order valence-corrected chi connectivity index (χ0v) is 12.3. The zero-order valence-electron chi connectivity index (χ0n) is 11.6. The summed E-state index contributed by atoms with van der Waals surface area (Å²) in [6, 6.07) is 7.97. The van der Waals surface area contributed by atoms with Gasteiger partial charge in [0.05, 0.1) is 11.4 Å². The van der Waals surface area contributed by atoms with Crippen LogP contribution in [0.5, 0.6) is 0 Å². The van der Waals surface area contributed by atoms with Crippen LogP contribution in [0.4, 0.5) is 0 Å². The first-order valence-corrected chi connectivity index (χ1v) is 7.51. The van der Waals surface area contributed by atoms with E-state index in [0.29, 0.717) is 18.0 Å². The number of carboxylic acids is 1. The van der Waals surface area contributed by atoms with Crippen LogP contribution >= 0.6 is 11.6 Å². The van der Waals surface area contributed by atoms with E-state index in [0.717, 1.165) is 29.3 Å². The first kappa shape index (κ1) is 14.3. The van der Waals surface area contributed by atoms with Crippen LogP contribution < -0.4 is 5.32 Å². The van der Waals surface area contributed by atoms with E-state index in [1.54, 1.807) is 6.20 Å². The van der Waals surface area contributed by atoms with Crippen molar-refractivity contribution in [2.45, 2.75) is 31.8 Å². The summed E-state index contributed by atoms with van der Waals surface area (Å²) >= 11 is 6.18. The van der Waals surface area contributed by atoms with Crippen LogP contribution in [0.2, 0.25) is 5.02 Å². The molecular weight excluding hydrogens is 288 g/mol. The van der Waals surface area contributed by atoms with Crippen LogP contribution in [0.1, 0.15) is 24.8 Å². The Bertz CT molecular complexity index is 674.